The van der Waals surface area contributed by atoms with Gasteiger partial charge in [0.05, 0.1) is 11.0 Å². The first-order chi connectivity index (χ1) is 22.3. The van der Waals surface area contributed by atoms with Gasteiger partial charge in [-0.25, -0.2) is 4.98 Å². The molecule has 0 aliphatic heterocycles. The number of nitrogens with zero attached hydrogens (tertiary/aromatic N) is 3. The van der Waals surface area contributed by atoms with E-state index < -0.39 is 0 Å². The lowest BCUT2D eigenvalue weighted by Gasteiger charge is -2.18. The topological polar surface area (TPSA) is 30.7 Å². The number of rotatable bonds is 4. The molecule has 0 radical (unpaired) electrons. The molecule has 2 aromatic heterocycles. The molecule has 0 saturated heterocycles. The molecule has 0 N–H and O–H groups in total. The largest absolute Gasteiger partial charge is 0.291 e. The van der Waals surface area contributed by atoms with Gasteiger partial charge in [0.25, 0.3) is 0 Å². The van der Waals surface area contributed by atoms with Crippen LogP contribution in [0.4, 0.5) is 0 Å². The minimum atomic E-state index is 0.829. The Balaban J connectivity index is 1.25. The molecule has 3 heteroatoms. The Labute approximate surface area is 260 Å². The van der Waals surface area contributed by atoms with E-state index in [0.29, 0.717) is 0 Å². The summed E-state index contributed by atoms with van der Waals surface area (Å²) in [5, 5.41) is 7.38. The summed E-state index contributed by atoms with van der Waals surface area (Å²) in [7, 11) is 0. The van der Waals surface area contributed by atoms with Gasteiger partial charge in [0, 0.05) is 17.4 Å². The van der Waals surface area contributed by atoms with Crippen LogP contribution in [0.2, 0.25) is 0 Å². The Morgan fingerprint density at radius 1 is 0.444 bits per heavy atom. The Morgan fingerprint density at radius 2 is 1.02 bits per heavy atom. The molecule has 0 aliphatic rings. The van der Waals surface area contributed by atoms with Crippen LogP contribution in [0.1, 0.15) is 0 Å². The van der Waals surface area contributed by atoms with Crippen LogP contribution in [-0.4, -0.2) is 14.5 Å². The van der Waals surface area contributed by atoms with Crippen molar-refractivity contribution >= 4 is 43.4 Å². The van der Waals surface area contributed by atoms with E-state index in [4.69, 9.17) is 9.97 Å². The number of hydrogen-bond donors (Lipinski definition) is 0. The van der Waals surface area contributed by atoms with Gasteiger partial charge in [-0.05, 0) is 85.4 Å². The Kier molecular flexibility index (Phi) is 5.82. The van der Waals surface area contributed by atoms with E-state index in [1.54, 1.807) is 0 Å². The maximum Gasteiger partial charge on any atom is 0.164 e. The van der Waals surface area contributed by atoms with Crippen molar-refractivity contribution < 1.29 is 0 Å². The number of fused-ring (bicyclic) bond motifs is 4. The zero-order chi connectivity index (χ0) is 29.7. The van der Waals surface area contributed by atoms with Gasteiger partial charge in [0.1, 0.15) is 5.69 Å². The lowest BCUT2D eigenvalue weighted by molar-refractivity contribution is 1.08. The van der Waals surface area contributed by atoms with E-state index in [0.717, 1.165) is 33.8 Å². The highest BCUT2D eigenvalue weighted by atomic mass is 15.1. The molecule has 210 valence electrons. The maximum absolute atomic E-state index is 5.05. The van der Waals surface area contributed by atoms with E-state index in [-0.39, 0.29) is 0 Å². The first-order valence-corrected chi connectivity index (χ1v) is 15.3. The fourth-order valence-corrected chi connectivity index (χ4v) is 6.81. The summed E-state index contributed by atoms with van der Waals surface area (Å²) >= 11 is 0. The van der Waals surface area contributed by atoms with Crippen molar-refractivity contribution in [2.75, 3.05) is 0 Å². The predicted octanol–water partition coefficient (Wildman–Crippen LogP) is 10.9. The van der Waals surface area contributed by atoms with Gasteiger partial charge in [-0.15, -0.1) is 0 Å². The molecule has 0 spiro atoms. The van der Waals surface area contributed by atoms with Crippen LogP contribution in [0.5, 0.6) is 0 Å². The van der Waals surface area contributed by atoms with Crippen molar-refractivity contribution in [1.82, 2.24) is 14.5 Å². The second kappa shape index (κ2) is 10.3. The summed E-state index contributed by atoms with van der Waals surface area (Å²) in [6.45, 7) is 0. The second-order valence-corrected chi connectivity index (χ2v) is 11.4. The lowest BCUT2D eigenvalue weighted by atomic mass is 9.86. The summed E-state index contributed by atoms with van der Waals surface area (Å²) in [6, 6.07) is 55.8. The Morgan fingerprint density at radius 3 is 1.71 bits per heavy atom. The molecule has 0 saturated carbocycles. The van der Waals surface area contributed by atoms with Crippen molar-refractivity contribution in [3.05, 3.63) is 164 Å². The van der Waals surface area contributed by atoms with Crippen LogP contribution in [0.25, 0.3) is 82.8 Å². The summed E-state index contributed by atoms with van der Waals surface area (Å²) in [5.74, 6) is 0.829. The molecular formula is C42H27N3. The highest BCUT2D eigenvalue weighted by Gasteiger charge is 2.19. The minimum Gasteiger partial charge on any atom is -0.291 e. The third kappa shape index (κ3) is 4.13. The van der Waals surface area contributed by atoms with Crippen molar-refractivity contribution in [3.8, 4) is 39.5 Å². The maximum atomic E-state index is 5.05. The van der Waals surface area contributed by atoms with Crippen LogP contribution < -0.4 is 0 Å². The fourth-order valence-electron chi connectivity index (χ4n) is 6.81. The molecule has 0 unspecified atom stereocenters. The molecular weight excluding hydrogens is 546 g/mol. The number of imidazole rings is 1. The van der Waals surface area contributed by atoms with Gasteiger partial charge in [0.2, 0.25) is 0 Å². The standard InChI is InChI=1S/C42H27N3/c1-2-14-32(15-3-1)45-39-21-11-10-20-37(39)44-42(45)38-25-24-31(27-43-38)41-35-18-8-6-16-33(35)40(34-17-7-9-19-36(34)41)30-23-22-28-12-4-5-13-29(28)26-30/h1-27H. The van der Waals surface area contributed by atoms with Crippen LogP contribution in [0.15, 0.2) is 164 Å². The predicted molar refractivity (Wildman–Crippen MR) is 188 cm³/mol. The molecule has 9 rings (SSSR count). The third-order valence-corrected chi connectivity index (χ3v) is 8.83. The molecule has 0 atom stereocenters. The first-order valence-electron chi connectivity index (χ1n) is 15.3. The van der Waals surface area contributed by atoms with Crippen LogP contribution in [-0.2, 0) is 0 Å². The number of pyridine rings is 1. The number of para-hydroxylation sites is 3. The summed E-state index contributed by atoms with van der Waals surface area (Å²) in [5.41, 5.74) is 8.67. The molecule has 3 nitrogen and oxygen atoms in total. The van der Waals surface area contributed by atoms with E-state index in [1.807, 2.05) is 18.3 Å². The van der Waals surface area contributed by atoms with E-state index in [1.165, 1.54) is 49.0 Å². The van der Waals surface area contributed by atoms with Gasteiger partial charge >= 0.3 is 0 Å². The van der Waals surface area contributed by atoms with E-state index in [9.17, 15) is 0 Å². The van der Waals surface area contributed by atoms with Crippen molar-refractivity contribution in [1.29, 1.82) is 0 Å². The van der Waals surface area contributed by atoms with Crippen LogP contribution in [0.3, 0.4) is 0 Å². The molecule has 0 fully saturated rings. The fraction of sp³-hybridized carbons (Fsp3) is 0. The number of hydrogen-bond acceptors (Lipinski definition) is 2. The molecule has 7 aromatic carbocycles. The minimum absolute atomic E-state index is 0.829. The molecule has 45 heavy (non-hydrogen) atoms. The zero-order valence-corrected chi connectivity index (χ0v) is 24.4. The van der Waals surface area contributed by atoms with Gasteiger partial charge < -0.3 is 0 Å². The second-order valence-electron chi connectivity index (χ2n) is 11.4. The first kappa shape index (κ1) is 25.4. The normalized spacial score (nSPS) is 11.6. The smallest absolute Gasteiger partial charge is 0.164 e. The Bertz CT molecular complexity index is 2470. The average Bonchev–Trinajstić information content (AvgIpc) is 3.50. The van der Waals surface area contributed by atoms with Crippen LogP contribution in [0, 0.1) is 0 Å². The van der Waals surface area contributed by atoms with Gasteiger partial charge in [-0.3, -0.25) is 9.55 Å². The monoisotopic (exact) mass is 573 g/mol. The van der Waals surface area contributed by atoms with Crippen LogP contribution >= 0.6 is 0 Å². The van der Waals surface area contributed by atoms with Crippen molar-refractivity contribution in [2.45, 2.75) is 0 Å². The molecule has 2 heterocycles. The highest BCUT2D eigenvalue weighted by Crippen LogP contribution is 2.44. The van der Waals surface area contributed by atoms with Gasteiger partial charge in [-0.2, -0.15) is 0 Å². The van der Waals surface area contributed by atoms with E-state index >= 15 is 0 Å². The molecule has 0 aliphatic carbocycles. The van der Waals surface area contributed by atoms with Gasteiger partial charge in [-0.1, -0.05) is 121 Å². The molecule has 0 amide bonds. The van der Waals surface area contributed by atoms with Gasteiger partial charge in [0.15, 0.2) is 5.82 Å². The highest BCUT2D eigenvalue weighted by molar-refractivity contribution is 6.21. The molecule has 0 bridgehead atoms. The van der Waals surface area contributed by atoms with Crippen molar-refractivity contribution in [3.63, 3.8) is 0 Å². The lowest BCUT2D eigenvalue weighted by Crippen LogP contribution is -1.99. The number of aromatic nitrogens is 3. The quantitative estimate of drug-likeness (QED) is 0.196. The molecule has 9 aromatic rings. The zero-order valence-electron chi connectivity index (χ0n) is 24.4. The summed E-state index contributed by atoms with van der Waals surface area (Å²) in [6.07, 6.45) is 2.01. The third-order valence-electron chi connectivity index (χ3n) is 8.83. The summed E-state index contributed by atoms with van der Waals surface area (Å²) < 4.78 is 2.19. The number of benzene rings is 7. The van der Waals surface area contributed by atoms with Crippen molar-refractivity contribution in [2.24, 2.45) is 0 Å². The summed E-state index contributed by atoms with van der Waals surface area (Å²) in [4.78, 5) is 10.1. The Hall–Kier alpha value is -6.06. The SMILES string of the molecule is c1ccc(-n2c(-c3ccc(-c4c5ccccc5c(-c5ccc6ccccc6c5)c5ccccc45)cn3)nc3ccccc32)cc1. The van der Waals surface area contributed by atoms with E-state index in [2.05, 4.69) is 150 Å². The average molecular weight is 574 g/mol.